The monoisotopic (exact) mass is 340 g/mol. The Morgan fingerprint density at radius 1 is 1.28 bits per heavy atom. The minimum atomic E-state index is 0.445. The molecule has 0 saturated heterocycles. The van der Waals surface area contributed by atoms with Crippen molar-refractivity contribution in [3.8, 4) is 0 Å². The molecule has 1 aliphatic rings. The van der Waals surface area contributed by atoms with Gasteiger partial charge in [0.25, 0.3) is 0 Å². The van der Waals surface area contributed by atoms with Gasteiger partial charge in [-0.1, -0.05) is 28.9 Å². The molecule has 1 N–H and O–H groups in total. The Morgan fingerprint density at radius 3 is 2.64 bits per heavy atom. The molecular weight excluding hydrogens is 312 g/mol. The van der Waals surface area contributed by atoms with Crippen LogP contribution in [0.4, 0.5) is 5.69 Å². The zero-order valence-corrected chi connectivity index (χ0v) is 15.4. The number of aromatic nitrogens is 2. The zero-order chi connectivity index (χ0) is 17.8. The molecule has 3 rings (SSSR count). The van der Waals surface area contributed by atoms with Crippen molar-refractivity contribution in [2.24, 2.45) is 5.16 Å². The van der Waals surface area contributed by atoms with Crippen molar-refractivity contribution >= 4 is 11.4 Å². The molecule has 25 heavy (non-hydrogen) atoms. The van der Waals surface area contributed by atoms with Crippen LogP contribution in [0, 0.1) is 13.8 Å². The number of anilines is 1. The Morgan fingerprint density at radius 2 is 2.04 bits per heavy atom. The van der Waals surface area contributed by atoms with Crippen LogP contribution in [-0.2, 0) is 13.1 Å². The second-order valence-corrected chi connectivity index (χ2v) is 7.01. The molecule has 1 aromatic heterocycles. The maximum absolute atomic E-state index is 9.03. The van der Waals surface area contributed by atoms with E-state index in [0.717, 1.165) is 44.5 Å². The Bertz CT molecular complexity index is 740. The summed E-state index contributed by atoms with van der Waals surface area (Å²) in [7, 11) is 0. The van der Waals surface area contributed by atoms with Crippen LogP contribution < -0.4 is 4.90 Å². The molecule has 0 spiro atoms. The van der Waals surface area contributed by atoms with Crippen molar-refractivity contribution in [2.45, 2.75) is 65.6 Å². The summed E-state index contributed by atoms with van der Waals surface area (Å²) in [4.78, 5) is 2.48. The van der Waals surface area contributed by atoms with Crippen LogP contribution in [0.5, 0.6) is 0 Å². The Balaban J connectivity index is 1.86. The lowest BCUT2D eigenvalue weighted by Crippen LogP contribution is -2.38. The van der Waals surface area contributed by atoms with Gasteiger partial charge in [-0.05, 0) is 57.6 Å². The van der Waals surface area contributed by atoms with Crippen molar-refractivity contribution in [1.29, 1.82) is 0 Å². The van der Waals surface area contributed by atoms with Crippen LogP contribution in [0.25, 0.3) is 0 Å². The maximum atomic E-state index is 9.03. The van der Waals surface area contributed by atoms with Gasteiger partial charge in [-0.15, -0.1) is 0 Å². The fourth-order valence-electron chi connectivity index (χ4n) is 3.66. The largest absolute Gasteiger partial charge is 0.411 e. The first kappa shape index (κ1) is 17.5. The molecule has 1 aliphatic carbocycles. The first-order valence-corrected chi connectivity index (χ1v) is 9.15. The van der Waals surface area contributed by atoms with E-state index in [1.54, 1.807) is 0 Å². The molecule has 134 valence electrons. The summed E-state index contributed by atoms with van der Waals surface area (Å²) in [5.74, 6) is 0. The van der Waals surface area contributed by atoms with E-state index in [9.17, 15) is 0 Å². The lowest BCUT2D eigenvalue weighted by molar-refractivity contribution is 0.313. The minimum Gasteiger partial charge on any atom is -0.411 e. The zero-order valence-electron chi connectivity index (χ0n) is 15.4. The molecule has 1 aromatic carbocycles. The summed E-state index contributed by atoms with van der Waals surface area (Å²) in [6.45, 7) is 8.20. The van der Waals surface area contributed by atoms with Crippen LogP contribution >= 0.6 is 0 Å². The third kappa shape index (κ3) is 4.03. The summed E-state index contributed by atoms with van der Waals surface area (Å²) in [5, 5.41) is 16.9. The molecule has 1 fully saturated rings. The molecule has 0 aliphatic heterocycles. The van der Waals surface area contributed by atoms with Gasteiger partial charge >= 0.3 is 0 Å². The summed E-state index contributed by atoms with van der Waals surface area (Å²) in [6, 6.07) is 7.12. The van der Waals surface area contributed by atoms with E-state index in [4.69, 9.17) is 5.21 Å². The molecule has 0 bridgehead atoms. The molecule has 5 nitrogen and oxygen atoms in total. The average Bonchev–Trinajstić information content (AvgIpc) is 3.10. The first-order valence-electron chi connectivity index (χ1n) is 9.15. The predicted molar refractivity (Wildman–Crippen MR) is 101 cm³/mol. The molecule has 5 heteroatoms. The number of aryl methyl sites for hydroxylation is 3. The van der Waals surface area contributed by atoms with Gasteiger partial charge in [0, 0.05) is 25.3 Å². The van der Waals surface area contributed by atoms with Gasteiger partial charge in [0.2, 0.25) is 0 Å². The fraction of sp³-hybridized carbons (Fsp3) is 0.500. The second kappa shape index (κ2) is 7.72. The van der Waals surface area contributed by atoms with Gasteiger partial charge in [0.1, 0.15) is 0 Å². The molecule has 0 unspecified atom stereocenters. The molecule has 1 heterocycles. The maximum Gasteiger partial charge on any atom is 0.0758 e. The van der Waals surface area contributed by atoms with Crippen LogP contribution in [0.15, 0.2) is 35.7 Å². The molecule has 2 aromatic rings. The molecule has 1 saturated carbocycles. The Kier molecular flexibility index (Phi) is 5.41. The summed E-state index contributed by atoms with van der Waals surface area (Å²) >= 11 is 0. The van der Waals surface area contributed by atoms with Gasteiger partial charge < -0.3 is 10.1 Å². The summed E-state index contributed by atoms with van der Waals surface area (Å²) in [5.41, 5.74) is 6.09. The van der Waals surface area contributed by atoms with Crippen LogP contribution in [0.1, 0.15) is 49.3 Å². The Hall–Kier alpha value is -2.30. The highest BCUT2D eigenvalue weighted by Crippen LogP contribution is 2.29. The van der Waals surface area contributed by atoms with Crippen LogP contribution in [0.3, 0.4) is 0 Å². The smallest absolute Gasteiger partial charge is 0.0758 e. The van der Waals surface area contributed by atoms with Gasteiger partial charge in [-0.2, -0.15) is 5.10 Å². The van der Waals surface area contributed by atoms with Gasteiger partial charge in [0.15, 0.2) is 0 Å². The van der Waals surface area contributed by atoms with Gasteiger partial charge in [-0.3, -0.25) is 4.68 Å². The SMILES string of the molecule is CCn1cc(N(Cc2ccc(C)cc2C)C2CCC(=NO)CC2)cn1. The quantitative estimate of drug-likeness (QED) is 0.652. The number of hydrogen-bond acceptors (Lipinski definition) is 4. The number of oxime groups is 1. The molecule has 0 atom stereocenters. The topological polar surface area (TPSA) is 53.7 Å². The summed E-state index contributed by atoms with van der Waals surface area (Å²) < 4.78 is 1.98. The van der Waals surface area contributed by atoms with Gasteiger partial charge in [0.05, 0.1) is 17.6 Å². The lowest BCUT2D eigenvalue weighted by Gasteiger charge is -2.35. The number of benzene rings is 1. The number of rotatable bonds is 5. The Labute approximate surface area is 150 Å². The highest BCUT2D eigenvalue weighted by atomic mass is 16.4. The number of hydrogen-bond donors (Lipinski definition) is 1. The average molecular weight is 340 g/mol. The molecule has 0 radical (unpaired) electrons. The lowest BCUT2D eigenvalue weighted by atomic mass is 9.91. The third-order valence-corrected chi connectivity index (χ3v) is 5.23. The van der Waals surface area contributed by atoms with E-state index >= 15 is 0 Å². The third-order valence-electron chi connectivity index (χ3n) is 5.23. The minimum absolute atomic E-state index is 0.445. The van der Waals surface area contributed by atoms with Crippen molar-refractivity contribution in [3.05, 3.63) is 47.3 Å². The molecule has 0 amide bonds. The number of nitrogens with zero attached hydrogens (tertiary/aromatic N) is 4. The van der Waals surface area contributed by atoms with E-state index in [-0.39, 0.29) is 0 Å². The van der Waals surface area contributed by atoms with E-state index < -0.39 is 0 Å². The van der Waals surface area contributed by atoms with Gasteiger partial charge in [-0.25, -0.2) is 0 Å². The van der Waals surface area contributed by atoms with Crippen LogP contribution in [-0.4, -0.2) is 26.7 Å². The standard InChI is InChI=1S/C20H28N4O/c1-4-23-14-20(12-21-23)24(19-9-7-18(22-25)8-10-19)13-17-6-5-15(2)11-16(17)3/h5-6,11-12,14,19,25H,4,7-10,13H2,1-3H3. The van der Waals surface area contributed by atoms with Crippen molar-refractivity contribution < 1.29 is 5.21 Å². The normalized spacial score (nSPS) is 17.6. The van der Waals surface area contributed by atoms with Crippen molar-refractivity contribution in [1.82, 2.24) is 9.78 Å². The van der Waals surface area contributed by atoms with E-state index in [0.29, 0.717) is 6.04 Å². The second-order valence-electron chi connectivity index (χ2n) is 7.01. The first-order chi connectivity index (χ1) is 12.1. The molecular formula is C20H28N4O. The van der Waals surface area contributed by atoms with Crippen molar-refractivity contribution in [2.75, 3.05) is 4.90 Å². The van der Waals surface area contributed by atoms with E-state index in [1.807, 2.05) is 10.9 Å². The van der Waals surface area contributed by atoms with Crippen molar-refractivity contribution in [3.63, 3.8) is 0 Å². The van der Waals surface area contributed by atoms with E-state index in [2.05, 4.69) is 60.3 Å². The predicted octanol–water partition coefficient (Wildman–Crippen LogP) is 4.30. The fourth-order valence-corrected chi connectivity index (χ4v) is 3.66. The van der Waals surface area contributed by atoms with E-state index in [1.165, 1.54) is 22.4 Å². The highest BCUT2D eigenvalue weighted by molar-refractivity contribution is 5.84. The highest BCUT2D eigenvalue weighted by Gasteiger charge is 2.25. The van der Waals surface area contributed by atoms with Crippen LogP contribution in [0.2, 0.25) is 0 Å². The summed E-state index contributed by atoms with van der Waals surface area (Å²) in [6.07, 6.45) is 7.88.